The first-order chi connectivity index (χ1) is 5.75. The zero-order valence-electron chi connectivity index (χ0n) is 6.24. The number of hydrogen-bond acceptors (Lipinski definition) is 3. The number of H-pyrrole nitrogens is 1. The SMILES string of the molecule is Nc1cc2[nH]c(=O)ccc2cn1. The van der Waals surface area contributed by atoms with Gasteiger partial charge in [0.25, 0.3) is 0 Å². The first-order valence-electron chi connectivity index (χ1n) is 3.50. The molecule has 3 N–H and O–H groups in total. The summed E-state index contributed by atoms with van der Waals surface area (Å²) >= 11 is 0. The van der Waals surface area contributed by atoms with Crippen molar-refractivity contribution in [2.75, 3.05) is 5.73 Å². The molecular weight excluding hydrogens is 154 g/mol. The van der Waals surface area contributed by atoms with Crippen molar-refractivity contribution in [1.29, 1.82) is 0 Å². The molecule has 2 aromatic heterocycles. The van der Waals surface area contributed by atoms with Crippen LogP contribution in [0.5, 0.6) is 0 Å². The van der Waals surface area contributed by atoms with Gasteiger partial charge in [-0.2, -0.15) is 0 Å². The number of nitrogens with two attached hydrogens (primary N) is 1. The fourth-order valence-electron chi connectivity index (χ4n) is 1.06. The third-order valence-corrected chi connectivity index (χ3v) is 1.63. The van der Waals surface area contributed by atoms with Crippen LogP contribution in [-0.4, -0.2) is 9.97 Å². The second-order valence-electron chi connectivity index (χ2n) is 2.52. The minimum absolute atomic E-state index is 0.131. The number of nitrogens with one attached hydrogen (secondary N) is 1. The highest BCUT2D eigenvalue weighted by atomic mass is 16.1. The van der Waals surface area contributed by atoms with Crippen LogP contribution < -0.4 is 11.3 Å². The quantitative estimate of drug-likeness (QED) is 0.591. The Kier molecular flexibility index (Phi) is 1.33. The lowest BCUT2D eigenvalue weighted by atomic mass is 10.3. The van der Waals surface area contributed by atoms with Gasteiger partial charge in [-0.3, -0.25) is 4.79 Å². The van der Waals surface area contributed by atoms with E-state index in [4.69, 9.17) is 5.73 Å². The van der Waals surface area contributed by atoms with Gasteiger partial charge in [-0.05, 0) is 6.07 Å². The molecule has 60 valence electrons. The summed E-state index contributed by atoms with van der Waals surface area (Å²) in [6.07, 6.45) is 1.63. The monoisotopic (exact) mass is 161 g/mol. The summed E-state index contributed by atoms with van der Waals surface area (Å²) in [5.41, 5.74) is 6.03. The summed E-state index contributed by atoms with van der Waals surface area (Å²) in [5, 5.41) is 0.879. The molecular formula is C8H7N3O. The first-order valence-corrected chi connectivity index (χ1v) is 3.50. The van der Waals surface area contributed by atoms with E-state index in [1.807, 2.05) is 0 Å². The molecule has 0 unspecified atom stereocenters. The summed E-state index contributed by atoms with van der Waals surface area (Å²) in [6, 6.07) is 4.80. The Morgan fingerprint density at radius 2 is 2.25 bits per heavy atom. The van der Waals surface area contributed by atoms with Crippen LogP contribution in [0.3, 0.4) is 0 Å². The zero-order valence-corrected chi connectivity index (χ0v) is 6.24. The lowest BCUT2D eigenvalue weighted by molar-refractivity contribution is 1.28. The molecule has 0 saturated heterocycles. The molecule has 2 aromatic rings. The first kappa shape index (κ1) is 6.84. The average molecular weight is 161 g/mol. The van der Waals surface area contributed by atoms with Crippen LogP contribution in [0.15, 0.2) is 29.2 Å². The van der Waals surface area contributed by atoms with Crippen LogP contribution in [0.4, 0.5) is 5.82 Å². The molecule has 2 rings (SSSR count). The average Bonchev–Trinajstić information content (AvgIpc) is 2.03. The van der Waals surface area contributed by atoms with E-state index in [0.29, 0.717) is 5.82 Å². The van der Waals surface area contributed by atoms with E-state index in [2.05, 4.69) is 9.97 Å². The molecule has 0 spiro atoms. The van der Waals surface area contributed by atoms with Gasteiger partial charge < -0.3 is 10.7 Å². The molecule has 0 aliphatic carbocycles. The smallest absolute Gasteiger partial charge is 0.248 e. The third kappa shape index (κ3) is 1.03. The fourth-order valence-corrected chi connectivity index (χ4v) is 1.06. The number of aromatic nitrogens is 2. The molecule has 0 bridgehead atoms. The number of pyridine rings is 2. The molecule has 2 heterocycles. The molecule has 0 aliphatic rings. The maximum absolute atomic E-state index is 10.9. The Morgan fingerprint density at radius 3 is 3.08 bits per heavy atom. The fraction of sp³-hybridized carbons (Fsp3) is 0. The predicted octanol–water partition coefficient (Wildman–Crippen LogP) is 0.505. The van der Waals surface area contributed by atoms with Crippen molar-refractivity contribution < 1.29 is 0 Å². The number of nitrogens with zero attached hydrogens (tertiary/aromatic N) is 1. The lowest BCUT2D eigenvalue weighted by Crippen LogP contribution is -2.03. The van der Waals surface area contributed by atoms with Crippen molar-refractivity contribution in [1.82, 2.24) is 9.97 Å². The molecule has 4 heteroatoms. The Hall–Kier alpha value is -1.84. The van der Waals surface area contributed by atoms with Crippen LogP contribution in [0.1, 0.15) is 0 Å². The van der Waals surface area contributed by atoms with Gasteiger partial charge in [-0.1, -0.05) is 0 Å². The van der Waals surface area contributed by atoms with Crippen molar-refractivity contribution in [3.8, 4) is 0 Å². The van der Waals surface area contributed by atoms with Crippen molar-refractivity contribution in [2.45, 2.75) is 0 Å². The molecule has 0 amide bonds. The zero-order chi connectivity index (χ0) is 8.55. The maximum Gasteiger partial charge on any atom is 0.248 e. The van der Waals surface area contributed by atoms with Gasteiger partial charge in [-0.25, -0.2) is 4.98 Å². The number of fused-ring (bicyclic) bond motifs is 1. The summed E-state index contributed by atoms with van der Waals surface area (Å²) in [5.74, 6) is 0.407. The second kappa shape index (κ2) is 2.34. The number of rotatable bonds is 0. The normalized spacial score (nSPS) is 10.3. The van der Waals surface area contributed by atoms with Gasteiger partial charge in [0.05, 0.1) is 5.52 Å². The highest BCUT2D eigenvalue weighted by Gasteiger charge is 1.94. The van der Waals surface area contributed by atoms with Gasteiger partial charge >= 0.3 is 0 Å². The van der Waals surface area contributed by atoms with Crippen LogP contribution in [0.2, 0.25) is 0 Å². The van der Waals surface area contributed by atoms with E-state index in [1.54, 1.807) is 18.3 Å². The van der Waals surface area contributed by atoms with Crippen LogP contribution in [-0.2, 0) is 0 Å². The van der Waals surface area contributed by atoms with Crippen molar-refractivity contribution in [2.24, 2.45) is 0 Å². The Balaban J connectivity index is 2.89. The molecule has 0 aliphatic heterocycles. The van der Waals surface area contributed by atoms with Crippen LogP contribution >= 0.6 is 0 Å². The Morgan fingerprint density at radius 1 is 1.42 bits per heavy atom. The van der Waals surface area contributed by atoms with Gasteiger partial charge in [0.15, 0.2) is 0 Å². The molecule has 0 radical (unpaired) electrons. The Bertz CT molecular complexity index is 475. The minimum atomic E-state index is -0.131. The number of hydrogen-bond donors (Lipinski definition) is 2. The summed E-state index contributed by atoms with van der Waals surface area (Å²) < 4.78 is 0. The topological polar surface area (TPSA) is 71.8 Å². The van der Waals surface area contributed by atoms with Crippen molar-refractivity contribution >= 4 is 16.7 Å². The molecule has 0 aromatic carbocycles. The van der Waals surface area contributed by atoms with E-state index in [9.17, 15) is 4.79 Å². The molecule has 4 nitrogen and oxygen atoms in total. The lowest BCUT2D eigenvalue weighted by Gasteiger charge is -1.96. The van der Waals surface area contributed by atoms with E-state index in [0.717, 1.165) is 10.9 Å². The van der Waals surface area contributed by atoms with E-state index in [-0.39, 0.29) is 5.56 Å². The summed E-state index contributed by atoms with van der Waals surface area (Å²) in [4.78, 5) is 17.4. The molecule has 0 fully saturated rings. The van der Waals surface area contributed by atoms with Gasteiger partial charge in [0, 0.05) is 23.7 Å². The number of nitrogen functional groups attached to an aromatic ring is 1. The van der Waals surface area contributed by atoms with Gasteiger partial charge in [0.1, 0.15) is 5.82 Å². The van der Waals surface area contributed by atoms with Crippen LogP contribution in [0, 0.1) is 0 Å². The van der Waals surface area contributed by atoms with E-state index >= 15 is 0 Å². The van der Waals surface area contributed by atoms with Crippen molar-refractivity contribution in [3.63, 3.8) is 0 Å². The predicted molar refractivity (Wildman–Crippen MR) is 46.8 cm³/mol. The standard InChI is InChI=1S/C8H7N3O/c9-7-3-6-5(4-10-7)1-2-8(12)11-6/h1-4H,(H2,9,10)(H,11,12). The third-order valence-electron chi connectivity index (χ3n) is 1.63. The van der Waals surface area contributed by atoms with E-state index < -0.39 is 0 Å². The summed E-state index contributed by atoms with van der Waals surface area (Å²) in [7, 11) is 0. The molecule has 0 atom stereocenters. The highest BCUT2D eigenvalue weighted by molar-refractivity contribution is 5.79. The molecule has 0 saturated carbocycles. The Labute approximate surface area is 68.1 Å². The number of aromatic amines is 1. The molecule has 12 heavy (non-hydrogen) atoms. The van der Waals surface area contributed by atoms with Gasteiger partial charge in [-0.15, -0.1) is 0 Å². The maximum atomic E-state index is 10.9. The largest absolute Gasteiger partial charge is 0.384 e. The summed E-state index contributed by atoms with van der Waals surface area (Å²) in [6.45, 7) is 0. The second-order valence-corrected chi connectivity index (χ2v) is 2.52. The van der Waals surface area contributed by atoms with Crippen molar-refractivity contribution in [3.05, 3.63) is 34.7 Å². The van der Waals surface area contributed by atoms with Crippen LogP contribution in [0.25, 0.3) is 10.9 Å². The minimum Gasteiger partial charge on any atom is -0.384 e. The van der Waals surface area contributed by atoms with Gasteiger partial charge in [0.2, 0.25) is 5.56 Å². The number of anilines is 1. The van der Waals surface area contributed by atoms with E-state index in [1.165, 1.54) is 6.07 Å². The highest BCUT2D eigenvalue weighted by Crippen LogP contribution is 2.09.